The molecule has 0 bridgehead atoms. The summed E-state index contributed by atoms with van der Waals surface area (Å²) in [6.45, 7) is 3.75. The van der Waals surface area contributed by atoms with E-state index in [9.17, 15) is 0 Å². The van der Waals surface area contributed by atoms with Gasteiger partial charge in [0, 0.05) is 6.92 Å². The molecule has 88 valence electrons. The second-order valence-corrected chi connectivity index (χ2v) is 2.63. The van der Waals surface area contributed by atoms with Gasteiger partial charge in [0.25, 0.3) is 5.97 Å². The van der Waals surface area contributed by atoms with Crippen LogP contribution in [-0.4, -0.2) is 62.5 Å². The van der Waals surface area contributed by atoms with E-state index in [2.05, 4.69) is 0 Å². The Morgan fingerprint density at radius 1 is 1.31 bits per heavy atom. The van der Waals surface area contributed by atoms with Crippen LogP contribution in [0.15, 0.2) is 24.3 Å². The minimum absolute atomic E-state index is 0. The average molecular weight is 254 g/mol. The topological polar surface area (TPSA) is 55.8 Å². The van der Waals surface area contributed by atoms with Crippen molar-refractivity contribution < 1.29 is 22.2 Å². The summed E-state index contributed by atoms with van der Waals surface area (Å²) in [4.78, 5) is 9.00. The quantitative estimate of drug-likeness (QED) is 0.839. The maximum atomic E-state index is 9.00. The minimum Gasteiger partial charge on any atom is -1.00 e. The summed E-state index contributed by atoms with van der Waals surface area (Å²) in [5.74, 6) is 0.904. The van der Waals surface area contributed by atoms with Gasteiger partial charge in [0.2, 0.25) is 0 Å². The molecule has 0 aromatic heterocycles. The third kappa shape index (κ3) is 10.1. The molecule has 4 nitrogen and oxygen atoms in total. The molecule has 1 rings (SSSR count). The molecule has 0 amide bonds. The Kier molecular flexibility index (Phi) is 12.4. The smallest absolute Gasteiger partial charge is 1.00 e. The molecule has 0 atom stereocenters. The fourth-order valence-electron chi connectivity index (χ4n) is 0.839. The first-order valence-electron chi connectivity index (χ1n) is 4.56. The van der Waals surface area contributed by atoms with Crippen molar-refractivity contribution in [2.75, 3.05) is 13.7 Å². The van der Waals surface area contributed by atoms with Crippen LogP contribution in [0.2, 0.25) is 0 Å². The van der Waals surface area contributed by atoms with Crippen molar-refractivity contribution in [2.45, 2.75) is 13.8 Å². The molecule has 0 aliphatic heterocycles. The van der Waals surface area contributed by atoms with E-state index >= 15 is 0 Å². The number of methoxy groups -OCH3 is 1. The number of carboxylic acid groups (broad SMARTS) is 1. The van der Waals surface area contributed by atoms with E-state index in [1.807, 2.05) is 31.2 Å². The summed E-state index contributed by atoms with van der Waals surface area (Å²) >= 11 is 0. The fraction of sp³-hybridized carbons (Fsp3) is 0.364. The molecule has 5 heteroatoms. The van der Waals surface area contributed by atoms with Crippen molar-refractivity contribution >= 4 is 43.7 Å². The van der Waals surface area contributed by atoms with Gasteiger partial charge in [-0.2, -0.15) is 0 Å². The van der Waals surface area contributed by atoms with Crippen LogP contribution < -0.4 is 9.47 Å². The monoisotopic (exact) mass is 254 g/mol. The van der Waals surface area contributed by atoms with Crippen LogP contribution in [-0.2, 0) is 4.79 Å². The van der Waals surface area contributed by atoms with Crippen molar-refractivity contribution in [2.24, 2.45) is 0 Å². The van der Waals surface area contributed by atoms with Crippen LogP contribution >= 0.6 is 0 Å². The van der Waals surface area contributed by atoms with Crippen LogP contribution in [0.3, 0.4) is 0 Å². The first kappa shape index (κ1) is 17.9. The van der Waals surface area contributed by atoms with Gasteiger partial charge in [0.05, 0.1) is 13.7 Å². The molecule has 0 unspecified atom stereocenters. The van der Waals surface area contributed by atoms with E-state index in [1.165, 1.54) is 0 Å². The zero-order chi connectivity index (χ0) is 11.7. The van der Waals surface area contributed by atoms with Crippen LogP contribution in [0.5, 0.6) is 11.5 Å². The number of hydrogen-bond donors (Lipinski definition) is 1. The van der Waals surface area contributed by atoms with Crippen molar-refractivity contribution in [3.63, 3.8) is 0 Å². The van der Waals surface area contributed by atoms with Gasteiger partial charge in [-0.3, -0.25) is 4.79 Å². The van der Waals surface area contributed by atoms with Crippen molar-refractivity contribution in [1.82, 2.24) is 0 Å². The molecule has 0 fully saturated rings. The Morgan fingerprint density at radius 3 is 2.00 bits per heavy atom. The summed E-state index contributed by atoms with van der Waals surface area (Å²) in [6, 6.07) is 7.54. The van der Waals surface area contributed by atoms with Gasteiger partial charge in [-0.05, 0) is 31.2 Å². The fourth-order valence-corrected chi connectivity index (χ4v) is 0.839. The van der Waals surface area contributed by atoms with Crippen LogP contribution in [0, 0.1) is 0 Å². The van der Waals surface area contributed by atoms with E-state index in [-0.39, 0.29) is 40.6 Å². The summed E-state index contributed by atoms with van der Waals surface area (Å²) in [6.07, 6.45) is 0. The molecule has 0 aliphatic rings. The molecule has 16 heavy (non-hydrogen) atoms. The summed E-state index contributed by atoms with van der Waals surface area (Å²) in [7, 11) is 1.65. The van der Waals surface area contributed by atoms with E-state index in [0.29, 0.717) is 6.61 Å². The predicted molar refractivity (Wildman–Crippen MR) is 65.5 cm³/mol. The normalized spacial score (nSPS) is 7.94. The van der Waals surface area contributed by atoms with E-state index in [1.54, 1.807) is 7.11 Å². The molecule has 0 saturated heterocycles. The number of benzene rings is 1. The zero-order valence-corrected chi connectivity index (χ0v) is 12.1. The maximum absolute atomic E-state index is 9.00. The van der Waals surface area contributed by atoms with Crippen LogP contribution in [0.1, 0.15) is 16.7 Å². The van der Waals surface area contributed by atoms with Gasteiger partial charge >= 0.3 is 37.7 Å². The summed E-state index contributed by atoms with van der Waals surface area (Å²) < 4.78 is 10.2. The predicted octanol–water partition coefficient (Wildman–Crippen LogP) is 2.03. The third-order valence-corrected chi connectivity index (χ3v) is 1.37. The van der Waals surface area contributed by atoms with Gasteiger partial charge in [-0.25, -0.2) is 0 Å². The Hall–Kier alpha value is -0.450. The molecule has 0 aliphatic carbocycles. The number of aliphatic carboxylic acids is 1. The zero-order valence-electron chi connectivity index (χ0n) is 11.9. The van der Waals surface area contributed by atoms with Gasteiger partial charge < -0.3 is 17.4 Å². The first-order valence-corrected chi connectivity index (χ1v) is 4.56. The van der Waals surface area contributed by atoms with Gasteiger partial charge in [-0.15, -0.1) is 0 Å². The number of carboxylic acids is 1. The molecular formula is C11H18CaO4. The van der Waals surface area contributed by atoms with Gasteiger partial charge in [-0.1, -0.05) is 0 Å². The van der Waals surface area contributed by atoms with Crippen molar-refractivity contribution in [1.29, 1.82) is 0 Å². The third-order valence-electron chi connectivity index (χ3n) is 1.37. The average Bonchev–Trinajstić information content (AvgIpc) is 2.19. The number of hydrogen-bond acceptors (Lipinski definition) is 3. The van der Waals surface area contributed by atoms with Gasteiger partial charge in [0.15, 0.2) is 0 Å². The first-order chi connectivity index (χ1) is 7.10. The van der Waals surface area contributed by atoms with Crippen molar-refractivity contribution in [3.8, 4) is 11.5 Å². The van der Waals surface area contributed by atoms with Crippen LogP contribution in [0.25, 0.3) is 0 Å². The number of ether oxygens (including phenoxy) is 2. The molecule has 0 saturated carbocycles. The van der Waals surface area contributed by atoms with Gasteiger partial charge in [0.1, 0.15) is 11.5 Å². The van der Waals surface area contributed by atoms with Crippen molar-refractivity contribution in [3.05, 3.63) is 24.3 Å². The van der Waals surface area contributed by atoms with Crippen LogP contribution in [0.4, 0.5) is 0 Å². The Bertz CT molecular complexity index is 290. The Labute approximate surface area is 129 Å². The van der Waals surface area contributed by atoms with E-state index in [4.69, 9.17) is 19.4 Å². The molecule has 0 heterocycles. The minimum atomic E-state index is -0.833. The largest absolute Gasteiger partial charge is 2.00 e. The molecule has 1 N–H and O–H groups in total. The number of rotatable bonds is 3. The molecule has 0 radical (unpaired) electrons. The summed E-state index contributed by atoms with van der Waals surface area (Å²) in [5, 5.41) is 7.42. The molecule has 1 aromatic rings. The molecule has 0 spiro atoms. The second-order valence-electron chi connectivity index (χ2n) is 2.63. The Balaban J connectivity index is -0.000000125. The Morgan fingerprint density at radius 2 is 1.69 bits per heavy atom. The molecule has 1 aromatic carbocycles. The van der Waals surface area contributed by atoms with E-state index in [0.717, 1.165) is 18.4 Å². The molecular weight excluding hydrogens is 236 g/mol. The van der Waals surface area contributed by atoms with E-state index < -0.39 is 5.97 Å². The SMILES string of the molecule is CC(=O)O.CCOc1ccc(OC)cc1.[Ca+2].[H-].[H-]. The second kappa shape index (κ2) is 11.0. The maximum Gasteiger partial charge on any atom is 2.00 e. The standard InChI is InChI=1S/C9H12O2.C2H4O2.Ca.2H/c1-3-11-9-6-4-8(10-2)5-7-9;1-2(3)4;;;/h4-7H,3H2,1-2H3;1H3,(H,3,4);;;/q;;+2;2*-1. The number of carbonyl (C=O) groups is 1. The summed E-state index contributed by atoms with van der Waals surface area (Å²) in [5.41, 5.74) is 0.